The lowest BCUT2D eigenvalue weighted by Gasteiger charge is -2.31. The Morgan fingerprint density at radius 2 is 1.94 bits per heavy atom. The van der Waals surface area contributed by atoms with Crippen LogP contribution in [0, 0.1) is 5.41 Å². The van der Waals surface area contributed by atoms with Crippen LogP contribution in [0.5, 0.6) is 0 Å². The minimum absolute atomic E-state index is 0.224. The van der Waals surface area contributed by atoms with Crippen molar-refractivity contribution in [2.75, 3.05) is 0 Å². The van der Waals surface area contributed by atoms with E-state index >= 15 is 0 Å². The molecule has 4 N–H and O–H groups in total. The van der Waals surface area contributed by atoms with E-state index in [9.17, 15) is 5.11 Å². The Morgan fingerprint density at radius 1 is 1.24 bits per heavy atom. The van der Waals surface area contributed by atoms with E-state index in [0.717, 1.165) is 16.5 Å². The van der Waals surface area contributed by atoms with Crippen LogP contribution in [0.3, 0.4) is 0 Å². The van der Waals surface area contributed by atoms with Gasteiger partial charge >= 0.3 is 0 Å². The van der Waals surface area contributed by atoms with Gasteiger partial charge in [0.2, 0.25) is 0 Å². The van der Waals surface area contributed by atoms with Gasteiger partial charge in [-0.05, 0) is 23.1 Å². The molecule has 1 heterocycles. The van der Waals surface area contributed by atoms with Crippen LogP contribution in [-0.2, 0) is 0 Å². The number of fused-ring (bicyclic) bond motifs is 1. The van der Waals surface area contributed by atoms with Crippen molar-refractivity contribution in [3.05, 3.63) is 36.0 Å². The molecule has 1 aromatic carbocycles. The van der Waals surface area contributed by atoms with Crippen LogP contribution in [-0.4, -0.2) is 16.2 Å². The second-order valence-electron chi connectivity index (χ2n) is 5.62. The molecule has 0 fully saturated rings. The number of H-pyrrole nitrogens is 1. The van der Waals surface area contributed by atoms with Crippen molar-refractivity contribution in [1.29, 1.82) is 0 Å². The molecule has 0 saturated carbocycles. The normalized spacial score (nSPS) is 16.1. The number of nitrogens with one attached hydrogen (secondary N) is 1. The quantitative estimate of drug-likeness (QED) is 0.745. The largest absolute Gasteiger partial charge is 0.391 e. The Morgan fingerprint density at radius 3 is 2.59 bits per heavy atom. The molecule has 17 heavy (non-hydrogen) atoms. The third-order valence-corrected chi connectivity index (χ3v) is 3.22. The van der Waals surface area contributed by atoms with E-state index in [1.165, 1.54) is 0 Å². The summed E-state index contributed by atoms with van der Waals surface area (Å²) in [6.45, 7) is 5.98. The molecule has 0 saturated heterocycles. The number of benzene rings is 1. The van der Waals surface area contributed by atoms with Gasteiger partial charge in [0.25, 0.3) is 0 Å². The average Bonchev–Trinajstić information content (AvgIpc) is 2.73. The van der Waals surface area contributed by atoms with Crippen LogP contribution < -0.4 is 5.73 Å². The standard InChI is InChI=1S/C14H20N2O/c1-14(2,3)13(17)12(15)10-5-4-6-11-9(10)7-8-16-11/h4-8,12-13,16-17H,15H2,1-3H3/t12-,13-/m1/s1. The Hall–Kier alpha value is -1.32. The number of aromatic amines is 1. The predicted octanol–water partition coefficient (Wildman–Crippen LogP) is 2.57. The lowest BCUT2D eigenvalue weighted by molar-refractivity contribution is 0.0405. The fraction of sp³-hybridized carbons (Fsp3) is 0.429. The van der Waals surface area contributed by atoms with Crippen molar-refractivity contribution < 1.29 is 5.11 Å². The zero-order chi connectivity index (χ0) is 12.6. The van der Waals surface area contributed by atoms with Crippen molar-refractivity contribution in [1.82, 2.24) is 4.98 Å². The van der Waals surface area contributed by atoms with Crippen LogP contribution in [0.2, 0.25) is 0 Å². The smallest absolute Gasteiger partial charge is 0.0781 e. The van der Waals surface area contributed by atoms with E-state index in [0.29, 0.717) is 0 Å². The average molecular weight is 232 g/mol. The fourth-order valence-electron chi connectivity index (χ4n) is 2.11. The molecule has 2 rings (SSSR count). The Bertz CT molecular complexity index is 510. The number of aliphatic hydroxyl groups excluding tert-OH is 1. The van der Waals surface area contributed by atoms with Gasteiger partial charge in [0.15, 0.2) is 0 Å². The molecule has 2 aromatic rings. The number of rotatable bonds is 2. The van der Waals surface area contributed by atoms with E-state index in [2.05, 4.69) is 4.98 Å². The molecule has 0 aliphatic heterocycles. The summed E-state index contributed by atoms with van der Waals surface area (Å²) < 4.78 is 0. The van der Waals surface area contributed by atoms with Gasteiger partial charge in [-0.3, -0.25) is 0 Å². The molecule has 0 aliphatic carbocycles. The summed E-state index contributed by atoms with van der Waals surface area (Å²) in [5.41, 5.74) is 8.01. The van der Waals surface area contributed by atoms with Gasteiger partial charge in [0.1, 0.15) is 0 Å². The maximum Gasteiger partial charge on any atom is 0.0781 e. The first-order valence-corrected chi connectivity index (χ1v) is 5.91. The van der Waals surface area contributed by atoms with Gasteiger partial charge in [-0.15, -0.1) is 0 Å². The van der Waals surface area contributed by atoms with Gasteiger partial charge in [0, 0.05) is 17.1 Å². The highest BCUT2D eigenvalue weighted by Gasteiger charge is 2.29. The van der Waals surface area contributed by atoms with Crippen molar-refractivity contribution in [2.45, 2.75) is 32.9 Å². The minimum atomic E-state index is -0.567. The summed E-state index contributed by atoms with van der Waals surface area (Å²) in [5, 5.41) is 11.4. The first-order valence-electron chi connectivity index (χ1n) is 5.91. The van der Waals surface area contributed by atoms with Crippen LogP contribution in [0.1, 0.15) is 32.4 Å². The molecular weight excluding hydrogens is 212 g/mol. The summed E-state index contributed by atoms with van der Waals surface area (Å²) in [4.78, 5) is 3.16. The van der Waals surface area contributed by atoms with Gasteiger partial charge in [0.05, 0.1) is 12.1 Å². The molecule has 0 radical (unpaired) electrons. The highest BCUT2D eigenvalue weighted by molar-refractivity contribution is 5.83. The molecule has 92 valence electrons. The molecule has 0 bridgehead atoms. The summed E-state index contributed by atoms with van der Waals surface area (Å²) >= 11 is 0. The van der Waals surface area contributed by atoms with Crippen LogP contribution in [0.25, 0.3) is 10.9 Å². The second-order valence-corrected chi connectivity index (χ2v) is 5.62. The maximum absolute atomic E-state index is 10.3. The predicted molar refractivity (Wildman–Crippen MR) is 70.7 cm³/mol. The van der Waals surface area contributed by atoms with E-state index < -0.39 is 6.10 Å². The molecule has 2 atom stereocenters. The Labute approximate surface area is 102 Å². The molecular formula is C14H20N2O. The van der Waals surface area contributed by atoms with E-state index in [-0.39, 0.29) is 11.5 Å². The van der Waals surface area contributed by atoms with Gasteiger partial charge in [-0.2, -0.15) is 0 Å². The van der Waals surface area contributed by atoms with E-state index in [1.807, 2.05) is 51.2 Å². The van der Waals surface area contributed by atoms with Crippen molar-refractivity contribution in [3.8, 4) is 0 Å². The lowest BCUT2D eigenvalue weighted by Crippen LogP contribution is -2.37. The first-order chi connectivity index (χ1) is 7.91. The van der Waals surface area contributed by atoms with Crippen molar-refractivity contribution in [2.24, 2.45) is 11.1 Å². The number of aliphatic hydroxyl groups is 1. The van der Waals surface area contributed by atoms with E-state index in [1.54, 1.807) is 0 Å². The highest BCUT2D eigenvalue weighted by Crippen LogP contribution is 2.31. The molecule has 3 heteroatoms. The summed E-state index contributed by atoms with van der Waals surface area (Å²) in [6.07, 6.45) is 1.33. The summed E-state index contributed by atoms with van der Waals surface area (Å²) in [6, 6.07) is 7.59. The zero-order valence-electron chi connectivity index (χ0n) is 10.6. The van der Waals surface area contributed by atoms with Crippen LogP contribution in [0.15, 0.2) is 30.5 Å². The monoisotopic (exact) mass is 232 g/mol. The number of nitrogens with two attached hydrogens (primary N) is 1. The summed E-state index contributed by atoms with van der Waals surface area (Å²) in [5.74, 6) is 0. The van der Waals surface area contributed by atoms with E-state index in [4.69, 9.17) is 5.73 Å². The topological polar surface area (TPSA) is 62.0 Å². The first kappa shape index (κ1) is 12.1. The fourth-order valence-corrected chi connectivity index (χ4v) is 2.11. The molecule has 0 amide bonds. The Kier molecular flexibility index (Phi) is 2.98. The number of hydrogen-bond acceptors (Lipinski definition) is 2. The van der Waals surface area contributed by atoms with Crippen molar-refractivity contribution in [3.63, 3.8) is 0 Å². The van der Waals surface area contributed by atoms with Gasteiger partial charge < -0.3 is 15.8 Å². The highest BCUT2D eigenvalue weighted by atomic mass is 16.3. The van der Waals surface area contributed by atoms with Gasteiger partial charge in [-0.1, -0.05) is 32.9 Å². The minimum Gasteiger partial charge on any atom is -0.391 e. The van der Waals surface area contributed by atoms with Crippen LogP contribution in [0.4, 0.5) is 0 Å². The third-order valence-electron chi connectivity index (χ3n) is 3.22. The van der Waals surface area contributed by atoms with Crippen LogP contribution >= 0.6 is 0 Å². The second kappa shape index (κ2) is 4.17. The lowest BCUT2D eigenvalue weighted by atomic mass is 9.82. The SMILES string of the molecule is CC(C)(C)[C@H](O)[C@H](N)c1cccc2[nH]ccc12. The molecule has 1 aromatic heterocycles. The maximum atomic E-state index is 10.3. The van der Waals surface area contributed by atoms with Gasteiger partial charge in [-0.25, -0.2) is 0 Å². The third kappa shape index (κ3) is 2.21. The zero-order valence-corrected chi connectivity index (χ0v) is 10.6. The number of aromatic nitrogens is 1. The molecule has 0 aliphatic rings. The van der Waals surface area contributed by atoms with Crippen molar-refractivity contribution >= 4 is 10.9 Å². The molecule has 0 unspecified atom stereocenters. The summed E-state index contributed by atoms with van der Waals surface area (Å²) in [7, 11) is 0. The number of hydrogen-bond donors (Lipinski definition) is 3. The molecule has 0 spiro atoms. The molecule has 3 nitrogen and oxygen atoms in total. The Balaban J connectivity index is 2.43.